The maximum Gasteiger partial charge on any atom is 0.256 e. The average Bonchev–Trinajstić information content (AvgIpc) is 3.38. The van der Waals surface area contributed by atoms with Crippen molar-refractivity contribution in [2.75, 3.05) is 31.1 Å². The number of pyridine rings is 1. The molecule has 1 amide bonds. The Kier molecular flexibility index (Phi) is 5.31. The molecule has 9 heteroatoms. The predicted molar refractivity (Wildman–Crippen MR) is 101 cm³/mol. The largest absolute Gasteiger partial charge is 0.478 e. The molecule has 1 aliphatic rings. The van der Waals surface area contributed by atoms with E-state index >= 15 is 0 Å². The van der Waals surface area contributed by atoms with Gasteiger partial charge in [0, 0.05) is 31.9 Å². The molecule has 8 nitrogen and oxygen atoms in total. The van der Waals surface area contributed by atoms with Crippen LogP contribution in [0.15, 0.2) is 36.8 Å². The monoisotopic (exact) mass is 384 g/mol. The smallest absolute Gasteiger partial charge is 0.256 e. The predicted octanol–water partition coefficient (Wildman–Crippen LogP) is 2.06. The molecule has 0 aliphatic carbocycles. The number of aromatic nitrogens is 4. The zero-order chi connectivity index (χ0) is 19.3. The first-order chi connectivity index (χ1) is 13.7. The number of nitrogens with one attached hydrogen (secondary N) is 1. The van der Waals surface area contributed by atoms with Crippen LogP contribution in [-0.2, 0) is 0 Å². The Morgan fingerprint density at radius 2 is 2.07 bits per heavy atom. The van der Waals surface area contributed by atoms with Gasteiger partial charge in [0.1, 0.15) is 17.2 Å². The molecular weight excluding hydrogens is 363 g/mol. The molecule has 4 rings (SSSR count). The van der Waals surface area contributed by atoms with E-state index in [1.807, 2.05) is 12.3 Å². The highest BCUT2D eigenvalue weighted by Gasteiger charge is 2.18. The van der Waals surface area contributed by atoms with Crippen LogP contribution in [0.1, 0.15) is 29.6 Å². The number of amides is 1. The number of carbonyl (C=O) groups is 1. The van der Waals surface area contributed by atoms with E-state index in [0.717, 1.165) is 37.9 Å². The van der Waals surface area contributed by atoms with Crippen LogP contribution in [0.25, 0.3) is 5.65 Å². The Balaban J connectivity index is 1.32. The molecule has 0 atom stereocenters. The highest BCUT2D eigenvalue weighted by molar-refractivity contribution is 5.99. The normalized spacial score (nSPS) is 13.8. The minimum absolute atomic E-state index is 0.221. The molecule has 0 aromatic carbocycles. The van der Waals surface area contributed by atoms with Crippen molar-refractivity contribution in [1.29, 1.82) is 0 Å². The topological polar surface area (TPSA) is 84.6 Å². The summed E-state index contributed by atoms with van der Waals surface area (Å²) in [5.74, 6) is 0.601. The second-order valence-electron chi connectivity index (χ2n) is 6.58. The van der Waals surface area contributed by atoms with Crippen LogP contribution in [0.5, 0.6) is 5.88 Å². The number of carbonyl (C=O) groups excluding carboxylic acids is 1. The van der Waals surface area contributed by atoms with Gasteiger partial charge in [0.25, 0.3) is 5.91 Å². The minimum atomic E-state index is -0.408. The van der Waals surface area contributed by atoms with E-state index in [-0.39, 0.29) is 5.91 Å². The van der Waals surface area contributed by atoms with Crippen molar-refractivity contribution in [1.82, 2.24) is 24.9 Å². The lowest BCUT2D eigenvalue weighted by atomic mass is 10.3. The quantitative estimate of drug-likeness (QED) is 0.628. The lowest BCUT2D eigenvalue weighted by Gasteiger charge is -2.16. The Hall–Kier alpha value is -3.23. The first kappa shape index (κ1) is 18.1. The zero-order valence-corrected chi connectivity index (χ0v) is 15.3. The van der Waals surface area contributed by atoms with E-state index in [4.69, 9.17) is 4.74 Å². The fraction of sp³-hybridized carbons (Fsp3) is 0.368. The van der Waals surface area contributed by atoms with E-state index in [1.165, 1.54) is 18.3 Å². The standard InChI is InChI=1S/C19H21FN6O2/c20-14-4-5-17(22-12-14)28-11-3-7-21-19(27)15-13-23-26-10-6-16(24-18(15)26)25-8-1-2-9-25/h4-6,10,12-13H,1-3,7-9,11H2,(H,21,27). The summed E-state index contributed by atoms with van der Waals surface area (Å²) in [6.07, 6.45) is 7.38. The number of nitrogens with zero attached hydrogens (tertiary/aromatic N) is 5. The van der Waals surface area contributed by atoms with Gasteiger partial charge in [-0.15, -0.1) is 0 Å². The summed E-state index contributed by atoms with van der Waals surface area (Å²) in [4.78, 5) is 23.2. The summed E-state index contributed by atoms with van der Waals surface area (Å²) < 4.78 is 19.8. The number of hydrogen-bond acceptors (Lipinski definition) is 6. The van der Waals surface area contributed by atoms with Gasteiger partial charge in [0.2, 0.25) is 5.88 Å². The Labute approximate surface area is 161 Å². The van der Waals surface area contributed by atoms with Gasteiger partial charge < -0.3 is 15.0 Å². The molecule has 3 aromatic heterocycles. The summed E-state index contributed by atoms with van der Waals surface area (Å²) in [6.45, 7) is 2.78. The first-order valence-corrected chi connectivity index (χ1v) is 9.32. The molecule has 0 bridgehead atoms. The molecule has 0 radical (unpaired) electrons. The number of halogens is 1. The van der Waals surface area contributed by atoms with E-state index in [0.29, 0.717) is 36.7 Å². The third-order valence-electron chi connectivity index (χ3n) is 4.59. The number of rotatable bonds is 7. The second kappa shape index (κ2) is 8.20. The van der Waals surface area contributed by atoms with Crippen molar-refractivity contribution in [2.24, 2.45) is 0 Å². The summed E-state index contributed by atoms with van der Waals surface area (Å²) in [5, 5.41) is 7.07. The first-order valence-electron chi connectivity index (χ1n) is 9.32. The molecule has 4 heterocycles. The fourth-order valence-corrected chi connectivity index (χ4v) is 3.14. The second-order valence-corrected chi connectivity index (χ2v) is 6.58. The summed E-state index contributed by atoms with van der Waals surface area (Å²) in [6, 6.07) is 4.68. The molecule has 146 valence electrons. The zero-order valence-electron chi connectivity index (χ0n) is 15.3. The Morgan fingerprint density at radius 1 is 1.21 bits per heavy atom. The molecule has 28 heavy (non-hydrogen) atoms. The maximum atomic E-state index is 12.8. The summed E-state index contributed by atoms with van der Waals surface area (Å²) in [7, 11) is 0. The van der Waals surface area contributed by atoms with Crippen molar-refractivity contribution in [3.63, 3.8) is 0 Å². The van der Waals surface area contributed by atoms with E-state index in [2.05, 4.69) is 25.3 Å². The Bertz CT molecular complexity index is 953. The van der Waals surface area contributed by atoms with Crippen LogP contribution >= 0.6 is 0 Å². The summed E-state index contributed by atoms with van der Waals surface area (Å²) >= 11 is 0. The van der Waals surface area contributed by atoms with E-state index < -0.39 is 5.82 Å². The third-order valence-corrected chi connectivity index (χ3v) is 4.59. The van der Waals surface area contributed by atoms with Crippen molar-refractivity contribution in [3.8, 4) is 5.88 Å². The van der Waals surface area contributed by atoms with Crippen molar-refractivity contribution in [3.05, 3.63) is 48.2 Å². The lowest BCUT2D eigenvalue weighted by Crippen LogP contribution is -2.26. The van der Waals surface area contributed by atoms with Crippen molar-refractivity contribution >= 4 is 17.4 Å². The average molecular weight is 384 g/mol. The molecule has 0 unspecified atom stereocenters. The molecule has 0 spiro atoms. The highest BCUT2D eigenvalue weighted by Crippen LogP contribution is 2.19. The van der Waals surface area contributed by atoms with Gasteiger partial charge in [0.05, 0.1) is 19.0 Å². The number of anilines is 1. The Morgan fingerprint density at radius 3 is 2.86 bits per heavy atom. The van der Waals surface area contributed by atoms with Crippen LogP contribution in [-0.4, -0.2) is 51.7 Å². The number of ether oxygens (including phenoxy) is 1. The van der Waals surface area contributed by atoms with Crippen LogP contribution in [0, 0.1) is 5.82 Å². The molecule has 1 fully saturated rings. The lowest BCUT2D eigenvalue weighted by molar-refractivity contribution is 0.0953. The highest BCUT2D eigenvalue weighted by atomic mass is 19.1. The van der Waals surface area contributed by atoms with Gasteiger partial charge in [-0.25, -0.2) is 18.9 Å². The van der Waals surface area contributed by atoms with Gasteiger partial charge in [-0.2, -0.15) is 5.10 Å². The molecule has 1 N–H and O–H groups in total. The van der Waals surface area contributed by atoms with Crippen molar-refractivity contribution < 1.29 is 13.9 Å². The van der Waals surface area contributed by atoms with Gasteiger partial charge in [-0.3, -0.25) is 4.79 Å². The number of fused-ring (bicyclic) bond motifs is 1. The van der Waals surface area contributed by atoms with Gasteiger partial charge in [0.15, 0.2) is 5.65 Å². The van der Waals surface area contributed by atoms with Gasteiger partial charge in [-0.1, -0.05) is 0 Å². The molecule has 1 saturated heterocycles. The minimum Gasteiger partial charge on any atom is -0.478 e. The van der Waals surface area contributed by atoms with Gasteiger partial charge in [-0.05, 0) is 31.4 Å². The SMILES string of the molecule is O=C(NCCCOc1ccc(F)cn1)c1cnn2ccc(N3CCCC3)nc12. The number of hydrogen-bond donors (Lipinski definition) is 1. The van der Waals surface area contributed by atoms with Crippen LogP contribution in [0.4, 0.5) is 10.2 Å². The van der Waals surface area contributed by atoms with E-state index in [9.17, 15) is 9.18 Å². The van der Waals surface area contributed by atoms with E-state index in [1.54, 1.807) is 4.52 Å². The maximum absolute atomic E-state index is 12.8. The van der Waals surface area contributed by atoms with Crippen LogP contribution in [0.2, 0.25) is 0 Å². The molecule has 1 aliphatic heterocycles. The summed E-state index contributed by atoms with van der Waals surface area (Å²) in [5.41, 5.74) is 0.996. The van der Waals surface area contributed by atoms with Crippen LogP contribution < -0.4 is 15.0 Å². The third kappa shape index (κ3) is 4.03. The molecular formula is C19H21FN6O2. The van der Waals surface area contributed by atoms with Gasteiger partial charge >= 0.3 is 0 Å². The molecule has 3 aromatic rings. The molecule has 0 saturated carbocycles. The fourth-order valence-electron chi connectivity index (χ4n) is 3.14. The van der Waals surface area contributed by atoms with Crippen molar-refractivity contribution in [2.45, 2.75) is 19.3 Å². The van der Waals surface area contributed by atoms with Crippen LogP contribution in [0.3, 0.4) is 0 Å².